The molecule has 1 atom stereocenters. The minimum Gasteiger partial charge on any atom is -0.481 e. The fourth-order valence-electron chi connectivity index (χ4n) is 2.55. The first kappa shape index (κ1) is 18.9. The van der Waals surface area contributed by atoms with Crippen LogP contribution >= 0.6 is 11.3 Å². The summed E-state index contributed by atoms with van der Waals surface area (Å²) in [5.41, 5.74) is 0.857. The maximum Gasteiger partial charge on any atom is 0.303 e. The minimum absolute atomic E-state index is 0.00747. The largest absolute Gasteiger partial charge is 0.481 e. The van der Waals surface area contributed by atoms with E-state index < -0.39 is 12.0 Å². The molecule has 0 aliphatic heterocycles. The number of carbonyl (C=O) groups is 3. The Kier molecular flexibility index (Phi) is 5.78. The number of amides is 2. The van der Waals surface area contributed by atoms with Crippen LogP contribution in [0.15, 0.2) is 6.07 Å². The number of aromatic nitrogens is 2. The third kappa shape index (κ3) is 4.36. The van der Waals surface area contributed by atoms with E-state index in [1.54, 1.807) is 24.7 Å². The van der Waals surface area contributed by atoms with Gasteiger partial charge in [0.2, 0.25) is 5.91 Å². The predicted octanol–water partition coefficient (Wildman–Crippen LogP) is 1.38. The van der Waals surface area contributed by atoms with Gasteiger partial charge in [0.15, 0.2) is 0 Å². The van der Waals surface area contributed by atoms with Crippen LogP contribution in [-0.2, 0) is 16.6 Å². The second-order valence-corrected chi connectivity index (χ2v) is 7.02. The van der Waals surface area contributed by atoms with E-state index in [9.17, 15) is 14.4 Å². The van der Waals surface area contributed by atoms with Crippen molar-refractivity contribution in [3.63, 3.8) is 0 Å². The number of carboxylic acid groups (broad SMARTS) is 1. The van der Waals surface area contributed by atoms with Gasteiger partial charge in [-0.1, -0.05) is 0 Å². The summed E-state index contributed by atoms with van der Waals surface area (Å²) in [6.45, 7) is 3.84. The van der Waals surface area contributed by atoms with Crippen molar-refractivity contribution in [3.8, 4) is 0 Å². The number of likely N-dealkylation sites (N-methyl/N-ethyl adjacent to an activating group) is 1. The average Bonchev–Trinajstić information content (AvgIpc) is 3.08. The van der Waals surface area contributed by atoms with Gasteiger partial charge in [-0.3, -0.25) is 19.1 Å². The van der Waals surface area contributed by atoms with Crippen molar-refractivity contribution >= 4 is 39.3 Å². The van der Waals surface area contributed by atoms with Crippen molar-refractivity contribution in [3.05, 3.63) is 16.6 Å². The van der Waals surface area contributed by atoms with Gasteiger partial charge in [0, 0.05) is 32.4 Å². The van der Waals surface area contributed by atoms with Gasteiger partial charge in [-0.15, -0.1) is 11.3 Å². The smallest absolute Gasteiger partial charge is 0.303 e. The Labute approximate surface area is 149 Å². The fraction of sp³-hybridized carbons (Fsp3) is 0.500. The van der Waals surface area contributed by atoms with E-state index in [1.165, 1.54) is 16.2 Å². The van der Waals surface area contributed by atoms with E-state index in [-0.39, 0.29) is 18.2 Å². The van der Waals surface area contributed by atoms with Crippen LogP contribution in [0.25, 0.3) is 10.2 Å². The normalized spacial score (nSPS) is 12.2. The first-order valence-electron chi connectivity index (χ1n) is 7.91. The van der Waals surface area contributed by atoms with Gasteiger partial charge >= 0.3 is 5.97 Å². The molecule has 2 N–H and O–H groups in total. The van der Waals surface area contributed by atoms with Gasteiger partial charge in [-0.05, 0) is 26.3 Å². The fourth-order valence-corrected chi connectivity index (χ4v) is 3.58. The maximum absolute atomic E-state index is 12.4. The Bertz CT molecular complexity index is 776. The molecule has 2 heterocycles. The topological polar surface area (TPSA) is 105 Å². The summed E-state index contributed by atoms with van der Waals surface area (Å²) < 4.78 is 1.73. The summed E-state index contributed by atoms with van der Waals surface area (Å²) in [4.78, 5) is 38.1. The summed E-state index contributed by atoms with van der Waals surface area (Å²) in [5.74, 6) is -1.45. The summed E-state index contributed by atoms with van der Waals surface area (Å²) in [7, 11) is 3.42. The van der Waals surface area contributed by atoms with Gasteiger partial charge in [-0.25, -0.2) is 0 Å². The number of fused-ring (bicyclic) bond motifs is 1. The lowest BCUT2D eigenvalue weighted by atomic mass is 10.2. The number of thiophene rings is 1. The molecule has 2 rings (SSSR count). The molecule has 0 saturated heterocycles. The number of aliphatic carboxylic acids is 1. The predicted molar refractivity (Wildman–Crippen MR) is 94.8 cm³/mol. The van der Waals surface area contributed by atoms with Crippen molar-refractivity contribution in [2.24, 2.45) is 7.05 Å². The standard InChI is InChI=1S/C16H22N4O4S/c1-9-11-8-12(25-16(11)20(4)18-9)14(23)17-10(2)15(24)19(3)7-5-6-13(21)22/h8,10H,5-7H2,1-4H3,(H,17,23)(H,21,22). The Balaban J connectivity index is 1.97. The van der Waals surface area contributed by atoms with E-state index in [2.05, 4.69) is 10.4 Å². The summed E-state index contributed by atoms with van der Waals surface area (Å²) in [6.07, 6.45) is 0.383. The SMILES string of the molecule is Cc1nn(C)c2sc(C(=O)NC(C)C(=O)N(C)CCCC(=O)O)cc12. The molecule has 2 aromatic rings. The van der Waals surface area contributed by atoms with E-state index in [0.717, 1.165) is 15.9 Å². The number of carboxylic acids is 1. The third-order valence-electron chi connectivity index (χ3n) is 3.90. The molecule has 0 fully saturated rings. The van der Waals surface area contributed by atoms with Crippen molar-refractivity contribution in [2.45, 2.75) is 32.7 Å². The van der Waals surface area contributed by atoms with Gasteiger partial charge in [0.1, 0.15) is 10.9 Å². The van der Waals surface area contributed by atoms with E-state index in [1.807, 2.05) is 14.0 Å². The zero-order valence-electron chi connectivity index (χ0n) is 14.7. The maximum atomic E-state index is 12.4. The summed E-state index contributed by atoms with van der Waals surface area (Å²) in [5, 5.41) is 16.6. The Morgan fingerprint density at radius 3 is 2.72 bits per heavy atom. The number of hydrogen-bond donors (Lipinski definition) is 2. The Morgan fingerprint density at radius 1 is 1.44 bits per heavy atom. The molecule has 25 heavy (non-hydrogen) atoms. The molecule has 0 aromatic carbocycles. The molecule has 2 aromatic heterocycles. The molecule has 0 saturated carbocycles. The zero-order valence-corrected chi connectivity index (χ0v) is 15.5. The molecule has 0 bridgehead atoms. The highest BCUT2D eigenvalue weighted by atomic mass is 32.1. The van der Waals surface area contributed by atoms with Crippen LogP contribution in [-0.4, -0.2) is 57.2 Å². The van der Waals surface area contributed by atoms with E-state index in [0.29, 0.717) is 17.8 Å². The number of rotatable bonds is 7. The van der Waals surface area contributed by atoms with Crippen LogP contribution < -0.4 is 5.32 Å². The molecular weight excluding hydrogens is 344 g/mol. The second-order valence-electron chi connectivity index (χ2n) is 5.99. The lowest BCUT2D eigenvalue weighted by molar-refractivity contribution is -0.138. The minimum atomic E-state index is -0.892. The van der Waals surface area contributed by atoms with Crippen molar-refractivity contribution in [1.82, 2.24) is 20.0 Å². The van der Waals surface area contributed by atoms with Crippen molar-refractivity contribution in [1.29, 1.82) is 0 Å². The monoisotopic (exact) mass is 366 g/mol. The first-order valence-corrected chi connectivity index (χ1v) is 8.73. The molecule has 0 aliphatic carbocycles. The van der Waals surface area contributed by atoms with Gasteiger partial charge in [-0.2, -0.15) is 5.10 Å². The molecule has 1 unspecified atom stereocenters. The number of nitrogens with one attached hydrogen (secondary N) is 1. The van der Waals surface area contributed by atoms with Crippen molar-refractivity contribution < 1.29 is 19.5 Å². The lowest BCUT2D eigenvalue weighted by Gasteiger charge is -2.21. The molecule has 8 nitrogen and oxygen atoms in total. The zero-order chi connectivity index (χ0) is 18.7. The van der Waals surface area contributed by atoms with Crippen molar-refractivity contribution in [2.75, 3.05) is 13.6 Å². The van der Waals surface area contributed by atoms with Crippen LogP contribution in [0.5, 0.6) is 0 Å². The summed E-state index contributed by atoms with van der Waals surface area (Å²) in [6, 6.07) is 1.09. The van der Waals surface area contributed by atoms with Gasteiger partial charge in [0.05, 0.1) is 10.6 Å². The molecule has 9 heteroatoms. The number of aryl methyl sites for hydroxylation is 2. The van der Waals surface area contributed by atoms with Crippen LogP contribution in [0.4, 0.5) is 0 Å². The number of nitrogens with zero attached hydrogens (tertiary/aromatic N) is 3. The van der Waals surface area contributed by atoms with Crippen LogP contribution in [0.2, 0.25) is 0 Å². The number of hydrogen-bond acceptors (Lipinski definition) is 5. The van der Waals surface area contributed by atoms with Gasteiger partial charge in [0.25, 0.3) is 5.91 Å². The highest BCUT2D eigenvalue weighted by molar-refractivity contribution is 7.20. The lowest BCUT2D eigenvalue weighted by Crippen LogP contribution is -2.45. The highest BCUT2D eigenvalue weighted by Crippen LogP contribution is 2.27. The van der Waals surface area contributed by atoms with Crippen LogP contribution in [0.3, 0.4) is 0 Å². The van der Waals surface area contributed by atoms with E-state index >= 15 is 0 Å². The molecule has 2 amide bonds. The molecule has 0 spiro atoms. The van der Waals surface area contributed by atoms with Crippen LogP contribution in [0.1, 0.15) is 35.1 Å². The Morgan fingerprint density at radius 2 is 2.12 bits per heavy atom. The van der Waals surface area contributed by atoms with Gasteiger partial charge < -0.3 is 15.3 Å². The summed E-state index contributed by atoms with van der Waals surface area (Å²) >= 11 is 1.33. The molecular formula is C16H22N4O4S. The first-order chi connectivity index (χ1) is 11.7. The third-order valence-corrected chi connectivity index (χ3v) is 5.10. The molecule has 136 valence electrons. The van der Waals surface area contributed by atoms with Crippen LogP contribution in [0, 0.1) is 6.92 Å². The average molecular weight is 366 g/mol. The number of carbonyl (C=O) groups excluding carboxylic acids is 2. The van der Waals surface area contributed by atoms with E-state index in [4.69, 9.17) is 5.11 Å². The quantitative estimate of drug-likeness (QED) is 0.770. The Hall–Kier alpha value is -2.42. The highest BCUT2D eigenvalue weighted by Gasteiger charge is 2.22. The molecule has 0 aliphatic rings. The molecule has 0 radical (unpaired) electrons. The second kappa shape index (κ2) is 7.64.